The third-order valence-corrected chi connectivity index (χ3v) is 3.99. The Morgan fingerprint density at radius 2 is 2.14 bits per heavy atom. The van der Waals surface area contributed by atoms with E-state index in [9.17, 15) is 4.79 Å². The van der Waals surface area contributed by atoms with Crippen molar-refractivity contribution in [3.8, 4) is 0 Å². The number of pyridine rings is 1. The molecule has 1 aliphatic rings. The van der Waals surface area contributed by atoms with E-state index >= 15 is 0 Å². The predicted octanol–water partition coefficient (Wildman–Crippen LogP) is 3.35. The molecule has 0 saturated heterocycles. The Hall–Kier alpha value is -2.30. The lowest BCUT2D eigenvalue weighted by atomic mass is 9.95. The minimum Gasteiger partial charge on any atom is -0.467 e. The molecule has 2 aromatic rings. The minimum atomic E-state index is -0.0407. The largest absolute Gasteiger partial charge is 0.467 e. The van der Waals surface area contributed by atoms with E-state index in [4.69, 9.17) is 4.42 Å². The van der Waals surface area contributed by atoms with Crippen molar-refractivity contribution in [3.63, 3.8) is 0 Å². The quantitative estimate of drug-likeness (QED) is 0.888. The van der Waals surface area contributed by atoms with E-state index in [0.29, 0.717) is 18.2 Å². The summed E-state index contributed by atoms with van der Waals surface area (Å²) in [4.78, 5) is 16.4. The smallest absolute Gasteiger partial charge is 0.253 e. The number of nitrogens with zero attached hydrogens (tertiary/aromatic N) is 1. The van der Waals surface area contributed by atoms with E-state index in [1.54, 1.807) is 18.7 Å². The van der Waals surface area contributed by atoms with E-state index in [0.717, 1.165) is 24.3 Å². The minimum absolute atomic E-state index is 0.0407. The fourth-order valence-corrected chi connectivity index (χ4v) is 2.78. The molecule has 1 aliphatic carbocycles. The summed E-state index contributed by atoms with van der Waals surface area (Å²) in [6, 6.07) is 5.89. The number of amides is 1. The zero-order chi connectivity index (χ0) is 15.2. The van der Waals surface area contributed by atoms with Crippen LogP contribution in [0.15, 0.2) is 41.3 Å². The summed E-state index contributed by atoms with van der Waals surface area (Å²) in [6.45, 7) is 0.572. The standard InChI is InChI=1S/C17H21N3O2/c21-17(20-14-5-2-1-3-6-14)13-9-15(11-18-10-13)19-12-16-7-4-8-22-16/h4,7-11,14,19H,1-3,5-6,12H2,(H,20,21). The second-order valence-corrected chi connectivity index (χ2v) is 5.70. The van der Waals surface area contributed by atoms with Crippen LogP contribution in [0.3, 0.4) is 0 Å². The van der Waals surface area contributed by atoms with Crippen LogP contribution < -0.4 is 10.6 Å². The molecule has 3 rings (SSSR count). The molecule has 5 heteroatoms. The van der Waals surface area contributed by atoms with Crippen molar-refractivity contribution in [1.29, 1.82) is 0 Å². The van der Waals surface area contributed by atoms with Crippen LogP contribution in [0.5, 0.6) is 0 Å². The van der Waals surface area contributed by atoms with Crippen LogP contribution in [-0.2, 0) is 6.54 Å². The van der Waals surface area contributed by atoms with Crippen molar-refractivity contribution in [3.05, 3.63) is 48.2 Å². The first kappa shape index (κ1) is 14.6. The summed E-state index contributed by atoms with van der Waals surface area (Å²) in [5.74, 6) is 0.804. The third-order valence-electron chi connectivity index (χ3n) is 3.99. The molecule has 0 aromatic carbocycles. The molecule has 1 amide bonds. The van der Waals surface area contributed by atoms with Crippen molar-refractivity contribution in [2.75, 3.05) is 5.32 Å². The summed E-state index contributed by atoms with van der Waals surface area (Å²) >= 11 is 0. The van der Waals surface area contributed by atoms with Gasteiger partial charge in [0, 0.05) is 18.4 Å². The average Bonchev–Trinajstić information content (AvgIpc) is 3.08. The first-order chi connectivity index (χ1) is 10.8. The topological polar surface area (TPSA) is 67.2 Å². The van der Waals surface area contributed by atoms with Gasteiger partial charge in [0.25, 0.3) is 5.91 Å². The highest BCUT2D eigenvalue weighted by molar-refractivity contribution is 5.94. The van der Waals surface area contributed by atoms with Gasteiger partial charge in [0.15, 0.2) is 0 Å². The Bertz CT molecular complexity index is 604. The van der Waals surface area contributed by atoms with Gasteiger partial charge in [0.2, 0.25) is 0 Å². The lowest BCUT2D eigenvalue weighted by Crippen LogP contribution is -2.36. The van der Waals surface area contributed by atoms with Gasteiger partial charge in [-0.05, 0) is 31.0 Å². The van der Waals surface area contributed by atoms with Gasteiger partial charge < -0.3 is 15.1 Å². The van der Waals surface area contributed by atoms with Crippen LogP contribution in [0, 0.1) is 0 Å². The van der Waals surface area contributed by atoms with Crippen molar-refractivity contribution in [1.82, 2.24) is 10.3 Å². The maximum Gasteiger partial charge on any atom is 0.253 e. The van der Waals surface area contributed by atoms with Crippen LogP contribution in [-0.4, -0.2) is 16.9 Å². The van der Waals surface area contributed by atoms with Crippen molar-refractivity contribution in [2.24, 2.45) is 0 Å². The summed E-state index contributed by atoms with van der Waals surface area (Å²) in [5, 5.41) is 6.32. The van der Waals surface area contributed by atoms with E-state index in [1.165, 1.54) is 19.3 Å². The zero-order valence-electron chi connectivity index (χ0n) is 12.5. The van der Waals surface area contributed by atoms with Gasteiger partial charge in [-0.15, -0.1) is 0 Å². The second-order valence-electron chi connectivity index (χ2n) is 5.70. The highest BCUT2D eigenvalue weighted by atomic mass is 16.3. The first-order valence-corrected chi connectivity index (χ1v) is 7.83. The van der Waals surface area contributed by atoms with Crippen LogP contribution in [0.1, 0.15) is 48.2 Å². The fraction of sp³-hybridized carbons (Fsp3) is 0.412. The number of carbonyl (C=O) groups is 1. The number of anilines is 1. The third kappa shape index (κ3) is 3.87. The highest BCUT2D eigenvalue weighted by Gasteiger charge is 2.17. The van der Waals surface area contributed by atoms with Gasteiger partial charge in [-0.1, -0.05) is 19.3 Å². The molecule has 2 aromatic heterocycles. The first-order valence-electron chi connectivity index (χ1n) is 7.83. The number of hydrogen-bond acceptors (Lipinski definition) is 4. The Morgan fingerprint density at radius 3 is 2.91 bits per heavy atom. The van der Waals surface area contributed by atoms with Crippen LogP contribution >= 0.6 is 0 Å². The zero-order valence-corrected chi connectivity index (χ0v) is 12.5. The molecular formula is C17H21N3O2. The average molecular weight is 299 g/mol. The summed E-state index contributed by atoms with van der Waals surface area (Å²) in [6.07, 6.45) is 10.8. The maximum atomic E-state index is 12.3. The van der Waals surface area contributed by atoms with E-state index in [2.05, 4.69) is 15.6 Å². The molecule has 0 radical (unpaired) electrons. The monoisotopic (exact) mass is 299 g/mol. The maximum absolute atomic E-state index is 12.3. The predicted molar refractivity (Wildman–Crippen MR) is 84.6 cm³/mol. The SMILES string of the molecule is O=C(NC1CCCCC1)c1cncc(NCc2ccco2)c1. The Balaban J connectivity index is 1.58. The van der Waals surface area contributed by atoms with Crippen LogP contribution in [0.25, 0.3) is 0 Å². The number of hydrogen-bond donors (Lipinski definition) is 2. The lowest BCUT2D eigenvalue weighted by Gasteiger charge is -2.22. The molecule has 0 bridgehead atoms. The van der Waals surface area contributed by atoms with Gasteiger partial charge >= 0.3 is 0 Å². The summed E-state index contributed by atoms with van der Waals surface area (Å²) in [5.41, 5.74) is 1.41. The number of carbonyl (C=O) groups excluding carboxylic acids is 1. The lowest BCUT2D eigenvalue weighted by molar-refractivity contribution is 0.0927. The fourth-order valence-electron chi connectivity index (χ4n) is 2.78. The highest BCUT2D eigenvalue weighted by Crippen LogP contribution is 2.18. The molecule has 0 unspecified atom stereocenters. The molecule has 2 N–H and O–H groups in total. The summed E-state index contributed by atoms with van der Waals surface area (Å²) in [7, 11) is 0. The molecule has 0 spiro atoms. The van der Waals surface area contributed by atoms with Crippen molar-refractivity contribution in [2.45, 2.75) is 44.7 Å². The Morgan fingerprint density at radius 1 is 1.27 bits per heavy atom. The normalized spacial score (nSPS) is 15.5. The van der Waals surface area contributed by atoms with Crippen molar-refractivity contribution < 1.29 is 9.21 Å². The summed E-state index contributed by atoms with van der Waals surface area (Å²) < 4.78 is 5.27. The van der Waals surface area contributed by atoms with Gasteiger partial charge in [0.1, 0.15) is 5.76 Å². The van der Waals surface area contributed by atoms with Gasteiger partial charge in [0.05, 0.1) is 24.1 Å². The molecule has 2 heterocycles. The van der Waals surface area contributed by atoms with Gasteiger partial charge in [-0.25, -0.2) is 0 Å². The van der Waals surface area contributed by atoms with E-state index in [-0.39, 0.29) is 5.91 Å². The second kappa shape index (κ2) is 7.11. The van der Waals surface area contributed by atoms with E-state index in [1.807, 2.05) is 18.2 Å². The Labute approximate surface area is 130 Å². The molecule has 0 aliphatic heterocycles. The molecule has 1 saturated carbocycles. The molecule has 1 fully saturated rings. The van der Waals surface area contributed by atoms with Gasteiger partial charge in [-0.3, -0.25) is 9.78 Å². The molecule has 116 valence electrons. The molecular weight excluding hydrogens is 278 g/mol. The number of rotatable bonds is 5. The number of furan rings is 1. The number of aromatic nitrogens is 1. The van der Waals surface area contributed by atoms with Crippen molar-refractivity contribution >= 4 is 11.6 Å². The number of nitrogens with one attached hydrogen (secondary N) is 2. The molecule has 0 atom stereocenters. The van der Waals surface area contributed by atoms with E-state index < -0.39 is 0 Å². The van der Waals surface area contributed by atoms with Crippen LogP contribution in [0.2, 0.25) is 0 Å². The molecule has 22 heavy (non-hydrogen) atoms. The van der Waals surface area contributed by atoms with Gasteiger partial charge in [-0.2, -0.15) is 0 Å². The Kier molecular flexibility index (Phi) is 4.73. The molecule has 5 nitrogen and oxygen atoms in total. The van der Waals surface area contributed by atoms with Crippen LogP contribution in [0.4, 0.5) is 5.69 Å².